The Hall–Kier alpha value is -3.23. The van der Waals surface area contributed by atoms with Crippen LogP contribution in [0.4, 0.5) is 5.69 Å². The molecule has 7 nitrogen and oxygen atoms in total. The first-order chi connectivity index (χ1) is 16.2. The molecule has 34 heavy (non-hydrogen) atoms. The lowest BCUT2D eigenvalue weighted by Crippen LogP contribution is -2.51. The van der Waals surface area contributed by atoms with Crippen LogP contribution in [0.3, 0.4) is 0 Å². The molecular weight excluding hydrogens is 476 g/mol. The number of hydrogen-bond donors (Lipinski definition) is 1. The Morgan fingerprint density at radius 3 is 2.44 bits per heavy atom. The minimum atomic E-state index is -3.90. The summed E-state index contributed by atoms with van der Waals surface area (Å²) in [5.74, 6) is 0.558. The molecule has 0 fully saturated rings. The van der Waals surface area contributed by atoms with Gasteiger partial charge in [0, 0.05) is 5.02 Å². The van der Waals surface area contributed by atoms with Gasteiger partial charge in [-0.2, -0.15) is 0 Å². The second-order valence-electron chi connectivity index (χ2n) is 8.02. The van der Waals surface area contributed by atoms with Gasteiger partial charge in [0.15, 0.2) is 6.10 Å². The van der Waals surface area contributed by atoms with E-state index < -0.39 is 22.0 Å². The predicted molar refractivity (Wildman–Crippen MR) is 131 cm³/mol. The zero-order valence-electron chi connectivity index (χ0n) is 18.8. The average Bonchev–Trinajstić information content (AvgIpc) is 2.82. The number of carbonyl (C=O) groups excluding carboxylic acids is 1. The molecule has 0 bridgehead atoms. The van der Waals surface area contributed by atoms with Crippen molar-refractivity contribution in [2.24, 2.45) is 0 Å². The number of anilines is 1. The molecule has 0 unspecified atom stereocenters. The van der Waals surface area contributed by atoms with Crippen LogP contribution in [0.2, 0.25) is 5.02 Å². The summed E-state index contributed by atoms with van der Waals surface area (Å²) in [4.78, 5) is 13.0. The van der Waals surface area contributed by atoms with Crippen LogP contribution in [-0.4, -0.2) is 40.1 Å². The van der Waals surface area contributed by atoms with Crippen LogP contribution >= 0.6 is 11.6 Å². The molecule has 3 aromatic rings. The number of rotatable bonds is 7. The number of nitrogens with one attached hydrogen (secondary N) is 1. The molecule has 1 heterocycles. The molecule has 1 atom stereocenters. The Balaban J connectivity index is 1.49. The van der Waals surface area contributed by atoms with Gasteiger partial charge in [-0.25, -0.2) is 8.42 Å². The van der Waals surface area contributed by atoms with E-state index in [9.17, 15) is 13.2 Å². The summed E-state index contributed by atoms with van der Waals surface area (Å²) in [6.07, 6.45) is -1.01. The number of carbonyl (C=O) groups is 1. The summed E-state index contributed by atoms with van der Waals surface area (Å²) >= 11 is 5.86. The van der Waals surface area contributed by atoms with Gasteiger partial charge in [0.05, 0.1) is 23.7 Å². The van der Waals surface area contributed by atoms with Crippen LogP contribution in [0, 0.1) is 13.8 Å². The smallest absolute Gasteiger partial charge is 0.264 e. The molecule has 0 aromatic heterocycles. The van der Waals surface area contributed by atoms with Crippen LogP contribution in [-0.2, 0) is 14.8 Å². The molecule has 9 heteroatoms. The average molecular weight is 501 g/mol. The van der Waals surface area contributed by atoms with Gasteiger partial charge < -0.3 is 14.8 Å². The second-order valence-corrected chi connectivity index (χ2v) is 10.3. The van der Waals surface area contributed by atoms with Crippen molar-refractivity contribution in [3.05, 3.63) is 82.9 Å². The fraction of sp³-hybridized carbons (Fsp3) is 0.240. The highest BCUT2D eigenvalue weighted by Crippen LogP contribution is 2.37. The summed E-state index contributed by atoms with van der Waals surface area (Å²) < 4.78 is 39.7. The molecule has 1 amide bonds. The van der Waals surface area contributed by atoms with Crippen molar-refractivity contribution >= 4 is 33.2 Å². The maximum atomic E-state index is 13.5. The summed E-state index contributed by atoms with van der Waals surface area (Å²) in [5.41, 5.74) is 2.25. The van der Waals surface area contributed by atoms with E-state index in [1.807, 2.05) is 19.9 Å². The van der Waals surface area contributed by atoms with Crippen molar-refractivity contribution in [3.63, 3.8) is 0 Å². The number of aryl methyl sites for hydroxylation is 2. The number of amides is 1. The van der Waals surface area contributed by atoms with Crippen LogP contribution in [0.25, 0.3) is 0 Å². The van der Waals surface area contributed by atoms with Crippen molar-refractivity contribution in [3.8, 4) is 11.5 Å². The van der Waals surface area contributed by atoms with E-state index >= 15 is 0 Å². The van der Waals surface area contributed by atoms with Gasteiger partial charge in [0.1, 0.15) is 18.1 Å². The van der Waals surface area contributed by atoms with Crippen LogP contribution in [0.1, 0.15) is 11.1 Å². The molecule has 0 spiro atoms. The normalized spacial score (nSPS) is 15.3. The van der Waals surface area contributed by atoms with Crippen molar-refractivity contribution in [1.29, 1.82) is 0 Å². The first kappa shape index (κ1) is 23.9. The summed E-state index contributed by atoms with van der Waals surface area (Å²) in [6.45, 7) is 4.09. The van der Waals surface area contributed by atoms with Crippen LogP contribution in [0.5, 0.6) is 11.5 Å². The van der Waals surface area contributed by atoms with E-state index in [1.165, 1.54) is 4.31 Å². The summed E-state index contributed by atoms with van der Waals surface area (Å²) in [6, 6.07) is 18.8. The van der Waals surface area contributed by atoms with Gasteiger partial charge in [0.2, 0.25) is 0 Å². The SMILES string of the molecule is Cc1ccc(S(=O)(=O)N2C[C@H](C(=O)NCCOc3ccc(Cl)cc3)Oc3cc(C)ccc32)cc1. The first-order valence-electron chi connectivity index (χ1n) is 10.8. The first-order valence-corrected chi connectivity index (χ1v) is 12.6. The van der Waals surface area contributed by atoms with Crippen molar-refractivity contribution in [2.45, 2.75) is 24.8 Å². The molecule has 0 saturated heterocycles. The molecule has 178 valence electrons. The lowest BCUT2D eigenvalue weighted by atomic mass is 10.1. The standard InChI is InChI=1S/C25H25ClN2O5S/c1-17-3-10-21(11-4-17)34(30,31)28-16-24(33-23-15-18(2)5-12-22(23)28)25(29)27-13-14-32-20-8-6-19(26)7-9-20/h3-12,15,24H,13-14,16H2,1-2H3,(H,27,29)/t24-/m1/s1. The fourth-order valence-corrected chi connectivity index (χ4v) is 5.15. The zero-order valence-corrected chi connectivity index (χ0v) is 20.4. The maximum Gasteiger partial charge on any atom is 0.264 e. The zero-order chi connectivity index (χ0) is 24.3. The highest BCUT2D eigenvalue weighted by Gasteiger charge is 2.37. The van der Waals surface area contributed by atoms with Gasteiger partial charge in [-0.05, 0) is 67.9 Å². The van der Waals surface area contributed by atoms with E-state index in [1.54, 1.807) is 60.7 Å². The van der Waals surface area contributed by atoms with Crippen molar-refractivity contribution in [1.82, 2.24) is 5.32 Å². The van der Waals surface area contributed by atoms with Crippen molar-refractivity contribution < 1.29 is 22.7 Å². The number of sulfonamides is 1. The topological polar surface area (TPSA) is 84.9 Å². The Kier molecular flexibility index (Phi) is 7.00. The second kappa shape index (κ2) is 9.95. The van der Waals surface area contributed by atoms with Gasteiger partial charge in [-0.15, -0.1) is 0 Å². The van der Waals surface area contributed by atoms with Crippen molar-refractivity contribution in [2.75, 3.05) is 24.0 Å². The molecule has 3 aromatic carbocycles. The number of halogens is 1. The third-order valence-electron chi connectivity index (χ3n) is 5.37. The largest absolute Gasteiger partial charge is 0.492 e. The van der Waals surface area contributed by atoms with Gasteiger partial charge in [-0.3, -0.25) is 9.10 Å². The van der Waals surface area contributed by atoms with E-state index in [0.29, 0.717) is 22.2 Å². The molecule has 1 N–H and O–H groups in total. The monoisotopic (exact) mass is 500 g/mol. The molecule has 1 aliphatic heterocycles. The van der Waals surface area contributed by atoms with E-state index in [4.69, 9.17) is 21.1 Å². The van der Waals surface area contributed by atoms with Gasteiger partial charge >= 0.3 is 0 Å². The molecular formula is C25H25ClN2O5S. The Labute approximate surface area is 204 Å². The summed E-state index contributed by atoms with van der Waals surface area (Å²) in [7, 11) is -3.90. The van der Waals surface area contributed by atoms with Gasteiger partial charge in [0.25, 0.3) is 15.9 Å². The number of ether oxygens (including phenoxy) is 2. The molecule has 0 saturated carbocycles. The minimum absolute atomic E-state index is 0.143. The fourth-order valence-electron chi connectivity index (χ4n) is 3.55. The Bertz CT molecular complexity index is 1280. The molecule has 1 aliphatic rings. The highest BCUT2D eigenvalue weighted by molar-refractivity contribution is 7.92. The van der Waals surface area contributed by atoms with E-state index in [2.05, 4.69) is 5.32 Å². The number of benzene rings is 3. The number of fused-ring (bicyclic) bond motifs is 1. The molecule has 0 aliphatic carbocycles. The van der Waals surface area contributed by atoms with E-state index in [-0.39, 0.29) is 24.6 Å². The highest BCUT2D eigenvalue weighted by atomic mass is 35.5. The van der Waals surface area contributed by atoms with E-state index in [0.717, 1.165) is 11.1 Å². The molecule has 0 radical (unpaired) electrons. The predicted octanol–water partition coefficient (Wildman–Crippen LogP) is 4.11. The number of hydrogen-bond acceptors (Lipinski definition) is 5. The number of nitrogens with zero attached hydrogens (tertiary/aromatic N) is 1. The maximum absolute atomic E-state index is 13.5. The lowest BCUT2D eigenvalue weighted by Gasteiger charge is -2.35. The Morgan fingerprint density at radius 1 is 1.06 bits per heavy atom. The van der Waals surface area contributed by atoms with Crippen LogP contribution < -0.4 is 19.1 Å². The molecule has 4 rings (SSSR count). The third kappa shape index (κ3) is 5.29. The third-order valence-corrected chi connectivity index (χ3v) is 7.42. The Morgan fingerprint density at radius 2 is 1.74 bits per heavy atom. The van der Waals surface area contributed by atoms with Gasteiger partial charge in [-0.1, -0.05) is 35.4 Å². The minimum Gasteiger partial charge on any atom is -0.492 e. The van der Waals surface area contributed by atoms with Crippen LogP contribution in [0.15, 0.2) is 71.6 Å². The summed E-state index contributed by atoms with van der Waals surface area (Å²) in [5, 5.41) is 3.37. The quantitative estimate of drug-likeness (QED) is 0.493. The lowest BCUT2D eigenvalue weighted by molar-refractivity contribution is -0.127.